The van der Waals surface area contributed by atoms with Crippen molar-refractivity contribution in [2.75, 3.05) is 0 Å². The van der Waals surface area contributed by atoms with Crippen LogP contribution in [-0.4, -0.2) is 9.97 Å². The summed E-state index contributed by atoms with van der Waals surface area (Å²) in [5.74, 6) is 0. The first-order valence-corrected chi connectivity index (χ1v) is 11.0. The van der Waals surface area contributed by atoms with Crippen molar-refractivity contribution in [3.05, 3.63) is 95.1 Å². The number of pyridine rings is 2. The number of fused-ring (bicyclic) bond motifs is 3. The van der Waals surface area contributed by atoms with Gasteiger partial charge in [-0.3, -0.25) is 0 Å². The molecule has 36 heavy (non-hydrogen) atoms. The normalized spacial score (nSPS) is 12.4. The molecule has 3 aromatic carbocycles. The van der Waals surface area contributed by atoms with Crippen LogP contribution in [0.3, 0.4) is 0 Å². The van der Waals surface area contributed by atoms with Crippen LogP contribution in [0.1, 0.15) is 22.3 Å². The van der Waals surface area contributed by atoms with Crippen molar-refractivity contribution in [1.29, 1.82) is 0 Å². The van der Waals surface area contributed by atoms with Crippen molar-refractivity contribution < 1.29 is 26.3 Å². The summed E-state index contributed by atoms with van der Waals surface area (Å²) in [5, 5.41) is 1.42. The SMILES string of the molecule is Cc1cc(-c2ccc3ccc4ccc(-c5cc(C)cc(C(F)(F)F)c5)nc4c3n2)cc(C(F)(F)F)c1. The van der Waals surface area contributed by atoms with E-state index in [-0.39, 0.29) is 0 Å². The summed E-state index contributed by atoms with van der Waals surface area (Å²) in [6.45, 7) is 3.17. The lowest BCUT2D eigenvalue weighted by molar-refractivity contribution is -0.138. The van der Waals surface area contributed by atoms with Gasteiger partial charge in [0, 0.05) is 21.9 Å². The summed E-state index contributed by atoms with van der Waals surface area (Å²) in [6.07, 6.45) is -8.99. The maximum atomic E-state index is 13.4. The fourth-order valence-corrected chi connectivity index (χ4v) is 4.28. The monoisotopic (exact) mass is 496 g/mol. The lowest BCUT2D eigenvalue weighted by atomic mass is 10.0. The summed E-state index contributed by atoms with van der Waals surface area (Å²) in [4.78, 5) is 9.27. The molecular formula is C28H18F6N2. The number of alkyl halides is 6. The average molecular weight is 496 g/mol. The fraction of sp³-hybridized carbons (Fsp3) is 0.143. The molecule has 5 aromatic rings. The minimum atomic E-state index is -4.50. The topological polar surface area (TPSA) is 25.8 Å². The Morgan fingerprint density at radius 1 is 0.500 bits per heavy atom. The zero-order valence-corrected chi connectivity index (χ0v) is 19.1. The van der Waals surface area contributed by atoms with Gasteiger partial charge < -0.3 is 0 Å². The highest BCUT2D eigenvalue weighted by Gasteiger charge is 2.32. The first-order valence-electron chi connectivity index (χ1n) is 11.0. The molecule has 0 atom stereocenters. The summed E-state index contributed by atoms with van der Waals surface area (Å²) in [7, 11) is 0. The molecule has 0 radical (unpaired) electrons. The van der Waals surface area contributed by atoms with Gasteiger partial charge in [-0.05, 0) is 73.5 Å². The number of aryl methyl sites for hydroxylation is 2. The maximum absolute atomic E-state index is 13.4. The second-order valence-corrected chi connectivity index (χ2v) is 8.77. The molecule has 0 amide bonds. The second kappa shape index (κ2) is 8.33. The molecule has 0 N–H and O–H groups in total. The van der Waals surface area contributed by atoms with Crippen LogP contribution in [0.2, 0.25) is 0 Å². The van der Waals surface area contributed by atoms with E-state index in [2.05, 4.69) is 9.97 Å². The van der Waals surface area contributed by atoms with Gasteiger partial charge in [0.25, 0.3) is 0 Å². The van der Waals surface area contributed by atoms with Crippen molar-refractivity contribution in [3.8, 4) is 22.5 Å². The zero-order chi connectivity index (χ0) is 25.8. The largest absolute Gasteiger partial charge is 0.416 e. The van der Waals surface area contributed by atoms with E-state index in [1.165, 1.54) is 0 Å². The number of nitrogens with zero attached hydrogens (tertiary/aromatic N) is 2. The van der Waals surface area contributed by atoms with E-state index < -0.39 is 23.5 Å². The van der Waals surface area contributed by atoms with Crippen molar-refractivity contribution in [2.45, 2.75) is 26.2 Å². The molecule has 0 aliphatic heterocycles. The number of halogens is 6. The van der Waals surface area contributed by atoms with Crippen LogP contribution >= 0.6 is 0 Å². The molecule has 0 spiro atoms. The van der Waals surface area contributed by atoms with Crippen molar-refractivity contribution in [3.63, 3.8) is 0 Å². The van der Waals surface area contributed by atoms with Crippen LogP contribution in [0.5, 0.6) is 0 Å². The quantitative estimate of drug-likeness (QED) is 0.180. The van der Waals surface area contributed by atoms with Gasteiger partial charge in [0.2, 0.25) is 0 Å². The molecular weight excluding hydrogens is 478 g/mol. The van der Waals surface area contributed by atoms with E-state index >= 15 is 0 Å². The molecule has 2 aromatic heterocycles. The lowest BCUT2D eigenvalue weighted by Crippen LogP contribution is -2.05. The van der Waals surface area contributed by atoms with Gasteiger partial charge in [-0.25, -0.2) is 9.97 Å². The average Bonchev–Trinajstić information content (AvgIpc) is 2.81. The number of hydrogen-bond acceptors (Lipinski definition) is 2. The number of hydrogen-bond donors (Lipinski definition) is 0. The molecule has 0 saturated carbocycles. The van der Waals surface area contributed by atoms with Crippen molar-refractivity contribution >= 4 is 21.8 Å². The van der Waals surface area contributed by atoms with Crippen LogP contribution in [0.15, 0.2) is 72.8 Å². The minimum absolute atomic E-state index is 0.311. The van der Waals surface area contributed by atoms with E-state index in [1.807, 2.05) is 12.1 Å². The summed E-state index contributed by atoms with van der Waals surface area (Å²) in [6, 6.07) is 17.9. The molecule has 0 fully saturated rings. The number of benzene rings is 3. The molecule has 0 unspecified atom stereocenters. The number of rotatable bonds is 2. The first kappa shape index (κ1) is 23.8. The van der Waals surface area contributed by atoms with Crippen LogP contribution in [0.4, 0.5) is 26.3 Å². The van der Waals surface area contributed by atoms with Gasteiger partial charge in [-0.2, -0.15) is 26.3 Å². The van der Waals surface area contributed by atoms with Crippen molar-refractivity contribution in [2.24, 2.45) is 0 Å². The Balaban J connectivity index is 1.70. The summed E-state index contributed by atoms with van der Waals surface area (Å²) < 4.78 is 80.2. The van der Waals surface area contributed by atoms with Gasteiger partial charge >= 0.3 is 12.4 Å². The molecule has 0 aliphatic carbocycles. The molecule has 2 nitrogen and oxygen atoms in total. The Morgan fingerprint density at radius 2 is 0.861 bits per heavy atom. The Hall–Kier alpha value is -3.94. The van der Waals surface area contributed by atoms with Crippen LogP contribution < -0.4 is 0 Å². The third-order valence-electron chi connectivity index (χ3n) is 5.92. The highest BCUT2D eigenvalue weighted by Crippen LogP contribution is 2.36. The van der Waals surface area contributed by atoms with Gasteiger partial charge in [0.15, 0.2) is 0 Å². The predicted octanol–water partition coefficient (Wildman–Crippen LogP) is 8.77. The maximum Gasteiger partial charge on any atom is 0.416 e. The molecule has 0 aliphatic rings. The predicted molar refractivity (Wildman–Crippen MR) is 127 cm³/mol. The molecule has 0 bridgehead atoms. The third-order valence-corrected chi connectivity index (χ3v) is 5.92. The summed E-state index contributed by atoms with van der Waals surface area (Å²) in [5.41, 5.74) is 1.56. The smallest absolute Gasteiger partial charge is 0.245 e. The van der Waals surface area contributed by atoms with E-state index in [9.17, 15) is 26.3 Å². The molecule has 8 heteroatoms. The van der Waals surface area contributed by atoms with Crippen molar-refractivity contribution in [1.82, 2.24) is 9.97 Å². The highest BCUT2D eigenvalue weighted by atomic mass is 19.4. The van der Waals surface area contributed by atoms with Crippen LogP contribution in [0, 0.1) is 13.8 Å². The first-order chi connectivity index (χ1) is 16.9. The van der Waals surface area contributed by atoms with Gasteiger partial charge in [0.1, 0.15) is 0 Å². The van der Waals surface area contributed by atoms with E-state index in [0.717, 1.165) is 24.3 Å². The minimum Gasteiger partial charge on any atom is -0.245 e. The Morgan fingerprint density at radius 3 is 1.22 bits per heavy atom. The molecule has 5 rings (SSSR count). The second-order valence-electron chi connectivity index (χ2n) is 8.77. The van der Waals surface area contributed by atoms with E-state index in [0.29, 0.717) is 55.4 Å². The van der Waals surface area contributed by atoms with Crippen LogP contribution in [-0.2, 0) is 12.4 Å². The van der Waals surface area contributed by atoms with Gasteiger partial charge in [0.05, 0.1) is 33.5 Å². The Labute approximate surface area is 202 Å². The zero-order valence-electron chi connectivity index (χ0n) is 19.1. The van der Waals surface area contributed by atoms with E-state index in [4.69, 9.17) is 0 Å². The molecule has 2 heterocycles. The summed E-state index contributed by atoms with van der Waals surface area (Å²) >= 11 is 0. The van der Waals surface area contributed by atoms with Gasteiger partial charge in [-0.15, -0.1) is 0 Å². The van der Waals surface area contributed by atoms with E-state index in [1.54, 1.807) is 50.2 Å². The Bertz CT molecular complexity index is 1510. The number of aromatic nitrogens is 2. The Kier molecular flexibility index (Phi) is 5.50. The van der Waals surface area contributed by atoms with Crippen LogP contribution in [0.25, 0.3) is 44.3 Å². The van der Waals surface area contributed by atoms with Gasteiger partial charge in [-0.1, -0.05) is 24.3 Å². The lowest BCUT2D eigenvalue weighted by Gasteiger charge is -2.12. The third kappa shape index (κ3) is 4.51. The molecule has 0 saturated heterocycles. The highest BCUT2D eigenvalue weighted by molar-refractivity contribution is 6.04. The fourth-order valence-electron chi connectivity index (χ4n) is 4.28. The standard InChI is InChI=1S/C28H18F6N2/c1-15-9-19(13-21(11-15)27(29,30)31)23-7-5-17-3-4-18-6-8-24(36-26(18)25(17)35-23)20-10-16(2)12-22(14-20)28(32,33)34/h3-14H,1-2H3. The molecule has 182 valence electrons.